The molecule has 104 valence electrons. The molecule has 1 aliphatic heterocycles. The number of imidazole rings is 1. The molecule has 0 radical (unpaired) electrons. The number of aromatic amines is 1. The summed E-state index contributed by atoms with van der Waals surface area (Å²) < 4.78 is 1.03. The molecule has 1 N–H and O–H groups in total. The normalized spacial score (nSPS) is 18.8. The van der Waals surface area contributed by atoms with Crippen molar-refractivity contribution in [2.75, 3.05) is 17.3 Å². The van der Waals surface area contributed by atoms with E-state index >= 15 is 0 Å². The monoisotopic (exact) mass is 353 g/mol. The average Bonchev–Trinajstić information content (AvgIpc) is 3.06. The maximum Gasteiger partial charge on any atom is 0.229 e. The quantitative estimate of drug-likeness (QED) is 0.859. The SMILES string of the molecule is O=C1CC(CCl)CN1c1ncc(-c2ccc(Br)cc2)[nH]1. The van der Waals surface area contributed by atoms with Gasteiger partial charge >= 0.3 is 0 Å². The molecule has 0 spiro atoms. The summed E-state index contributed by atoms with van der Waals surface area (Å²) in [6.45, 7) is 0.635. The van der Waals surface area contributed by atoms with Gasteiger partial charge in [0.2, 0.25) is 11.9 Å². The van der Waals surface area contributed by atoms with E-state index in [-0.39, 0.29) is 11.8 Å². The van der Waals surface area contributed by atoms with Crippen molar-refractivity contribution in [3.63, 3.8) is 0 Å². The standard InChI is InChI=1S/C14H13BrClN3O/c15-11-3-1-10(2-4-11)12-7-17-14(18-12)19-8-9(6-16)5-13(19)20/h1-4,7,9H,5-6,8H2,(H,17,18). The average molecular weight is 355 g/mol. The molecule has 1 aromatic heterocycles. The van der Waals surface area contributed by atoms with Crippen LogP contribution in [-0.2, 0) is 4.79 Å². The first kappa shape index (κ1) is 13.6. The van der Waals surface area contributed by atoms with E-state index in [1.165, 1.54) is 0 Å². The van der Waals surface area contributed by atoms with Crippen molar-refractivity contribution < 1.29 is 4.79 Å². The van der Waals surface area contributed by atoms with Crippen molar-refractivity contribution in [1.29, 1.82) is 0 Å². The van der Waals surface area contributed by atoms with Crippen LogP contribution in [0.2, 0.25) is 0 Å². The van der Waals surface area contributed by atoms with Crippen LogP contribution in [0.1, 0.15) is 6.42 Å². The number of nitrogens with one attached hydrogen (secondary N) is 1. The van der Waals surface area contributed by atoms with Crippen molar-refractivity contribution in [1.82, 2.24) is 9.97 Å². The summed E-state index contributed by atoms with van der Waals surface area (Å²) in [4.78, 5) is 21.1. The van der Waals surface area contributed by atoms with Crippen molar-refractivity contribution in [3.05, 3.63) is 34.9 Å². The Morgan fingerprint density at radius 2 is 2.15 bits per heavy atom. The first-order chi connectivity index (χ1) is 9.67. The Labute approximate surface area is 130 Å². The second-order valence-corrected chi connectivity index (χ2v) is 6.08. The van der Waals surface area contributed by atoms with Crippen molar-refractivity contribution in [2.45, 2.75) is 6.42 Å². The lowest BCUT2D eigenvalue weighted by Crippen LogP contribution is -2.25. The molecule has 2 aromatic rings. The predicted octanol–water partition coefficient (Wildman–Crippen LogP) is 3.43. The predicted molar refractivity (Wildman–Crippen MR) is 82.9 cm³/mol. The molecule has 1 atom stereocenters. The number of carbonyl (C=O) groups is 1. The van der Waals surface area contributed by atoms with Crippen LogP contribution in [0.15, 0.2) is 34.9 Å². The number of halogens is 2. The summed E-state index contributed by atoms with van der Waals surface area (Å²) in [5.74, 6) is 1.39. The highest BCUT2D eigenvalue weighted by Crippen LogP contribution is 2.26. The maximum atomic E-state index is 11.9. The lowest BCUT2D eigenvalue weighted by atomic mass is 10.2. The Kier molecular flexibility index (Phi) is 3.81. The van der Waals surface area contributed by atoms with E-state index in [9.17, 15) is 4.79 Å². The van der Waals surface area contributed by atoms with Gasteiger partial charge in [-0.15, -0.1) is 11.6 Å². The lowest BCUT2D eigenvalue weighted by molar-refractivity contribution is -0.117. The van der Waals surface area contributed by atoms with Gasteiger partial charge in [-0.2, -0.15) is 0 Å². The number of rotatable bonds is 3. The number of benzene rings is 1. The van der Waals surface area contributed by atoms with Crippen LogP contribution in [0.5, 0.6) is 0 Å². The van der Waals surface area contributed by atoms with E-state index < -0.39 is 0 Å². The van der Waals surface area contributed by atoms with E-state index in [2.05, 4.69) is 25.9 Å². The van der Waals surface area contributed by atoms with Crippen molar-refractivity contribution in [3.8, 4) is 11.3 Å². The highest BCUT2D eigenvalue weighted by atomic mass is 79.9. The van der Waals surface area contributed by atoms with Crippen LogP contribution < -0.4 is 4.90 Å². The fraction of sp³-hybridized carbons (Fsp3) is 0.286. The molecule has 1 fully saturated rings. The molecule has 1 unspecified atom stereocenters. The molecule has 1 amide bonds. The second-order valence-electron chi connectivity index (χ2n) is 4.86. The van der Waals surface area contributed by atoms with Crippen molar-refractivity contribution >= 4 is 39.4 Å². The number of alkyl halides is 1. The Morgan fingerprint density at radius 1 is 1.40 bits per heavy atom. The molecule has 1 aliphatic rings. The number of hydrogen-bond donors (Lipinski definition) is 1. The zero-order chi connectivity index (χ0) is 14.1. The molecule has 6 heteroatoms. The summed E-state index contributed by atoms with van der Waals surface area (Å²) in [6, 6.07) is 7.93. The Balaban J connectivity index is 1.83. The van der Waals surface area contributed by atoms with E-state index in [1.807, 2.05) is 24.3 Å². The highest BCUT2D eigenvalue weighted by Gasteiger charge is 2.31. The number of nitrogens with zero attached hydrogens (tertiary/aromatic N) is 2. The number of carbonyl (C=O) groups excluding carboxylic acids is 1. The zero-order valence-corrected chi connectivity index (χ0v) is 13.0. The van der Waals surface area contributed by atoms with Crippen LogP contribution >= 0.6 is 27.5 Å². The smallest absolute Gasteiger partial charge is 0.229 e. The molecular weight excluding hydrogens is 342 g/mol. The van der Waals surface area contributed by atoms with E-state index in [4.69, 9.17) is 11.6 Å². The molecule has 0 bridgehead atoms. The largest absolute Gasteiger partial charge is 0.324 e. The maximum absolute atomic E-state index is 11.9. The van der Waals surface area contributed by atoms with Gasteiger partial charge in [0.25, 0.3) is 0 Å². The fourth-order valence-electron chi connectivity index (χ4n) is 2.31. The van der Waals surface area contributed by atoms with Gasteiger partial charge in [-0.3, -0.25) is 9.69 Å². The van der Waals surface area contributed by atoms with Gasteiger partial charge in [0.15, 0.2) is 0 Å². The van der Waals surface area contributed by atoms with E-state index in [0.717, 1.165) is 15.7 Å². The van der Waals surface area contributed by atoms with Crippen LogP contribution in [0.3, 0.4) is 0 Å². The third-order valence-electron chi connectivity index (χ3n) is 3.40. The summed E-state index contributed by atoms with van der Waals surface area (Å²) in [7, 11) is 0. The topological polar surface area (TPSA) is 49.0 Å². The summed E-state index contributed by atoms with van der Waals surface area (Å²) >= 11 is 9.24. The minimum atomic E-state index is 0.0763. The van der Waals surface area contributed by atoms with Crippen LogP contribution in [-0.4, -0.2) is 28.3 Å². The van der Waals surface area contributed by atoms with Crippen LogP contribution in [0.4, 0.5) is 5.95 Å². The van der Waals surface area contributed by atoms with Gasteiger partial charge in [-0.05, 0) is 23.6 Å². The third kappa shape index (κ3) is 2.60. The van der Waals surface area contributed by atoms with E-state index in [1.54, 1.807) is 11.1 Å². The molecule has 1 saturated heterocycles. The van der Waals surface area contributed by atoms with Crippen LogP contribution in [0, 0.1) is 5.92 Å². The molecule has 2 heterocycles. The molecular formula is C14H13BrClN3O. The highest BCUT2D eigenvalue weighted by molar-refractivity contribution is 9.10. The molecule has 3 rings (SSSR count). The van der Waals surface area contributed by atoms with Gasteiger partial charge in [0, 0.05) is 23.3 Å². The Morgan fingerprint density at radius 3 is 2.80 bits per heavy atom. The number of hydrogen-bond acceptors (Lipinski definition) is 2. The van der Waals surface area contributed by atoms with E-state index in [0.29, 0.717) is 24.8 Å². The molecule has 0 aliphatic carbocycles. The molecule has 0 saturated carbocycles. The summed E-state index contributed by atoms with van der Waals surface area (Å²) in [6.07, 6.45) is 2.25. The Hall–Kier alpha value is -1.33. The van der Waals surface area contributed by atoms with Gasteiger partial charge in [-0.1, -0.05) is 28.1 Å². The number of H-pyrrole nitrogens is 1. The molecule has 1 aromatic carbocycles. The minimum absolute atomic E-state index is 0.0763. The van der Waals surface area contributed by atoms with Crippen LogP contribution in [0.25, 0.3) is 11.3 Å². The van der Waals surface area contributed by atoms with Gasteiger partial charge in [0.1, 0.15) is 0 Å². The first-order valence-electron chi connectivity index (χ1n) is 6.34. The Bertz CT molecular complexity index is 626. The second kappa shape index (κ2) is 5.58. The number of aromatic nitrogens is 2. The minimum Gasteiger partial charge on any atom is -0.324 e. The summed E-state index contributed by atoms with van der Waals surface area (Å²) in [5.41, 5.74) is 1.93. The third-order valence-corrected chi connectivity index (χ3v) is 4.36. The molecule has 20 heavy (non-hydrogen) atoms. The first-order valence-corrected chi connectivity index (χ1v) is 7.67. The summed E-state index contributed by atoms with van der Waals surface area (Å²) in [5, 5.41) is 0. The zero-order valence-electron chi connectivity index (χ0n) is 10.6. The fourth-order valence-corrected chi connectivity index (χ4v) is 2.78. The van der Waals surface area contributed by atoms with Crippen molar-refractivity contribution in [2.24, 2.45) is 5.92 Å². The lowest BCUT2D eigenvalue weighted by Gasteiger charge is -2.12. The van der Waals surface area contributed by atoms with Gasteiger partial charge in [-0.25, -0.2) is 4.98 Å². The van der Waals surface area contributed by atoms with Gasteiger partial charge < -0.3 is 4.98 Å². The molecule has 4 nitrogen and oxygen atoms in total. The number of amides is 1. The number of anilines is 1. The van der Waals surface area contributed by atoms with Gasteiger partial charge in [0.05, 0.1) is 11.9 Å².